The third-order valence-corrected chi connectivity index (χ3v) is 2.45. The summed E-state index contributed by atoms with van der Waals surface area (Å²) in [5.41, 5.74) is 6.07. The highest BCUT2D eigenvalue weighted by molar-refractivity contribution is 7.98. The Labute approximate surface area is 88.7 Å². The molecule has 1 aromatic rings. The van der Waals surface area contributed by atoms with Crippen molar-refractivity contribution in [1.29, 1.82) is 0 Å². The first-order valence-electron chi connectivity index (χ1n) is 4.55. The predicted octanol–water partition coefficient (Wildman–Crippen LogP) is 1.61. The standard InChI is InChI=1S/C9H16N4S/c1-7(3-4-14-2)13-9-11-5-8(10)6-12-9/h5-7H,3-4,10H2,1-2H3,(H,11,12,13). The molecule has 5 heteroatoms. The maximum atomic E-state index is 5.48. The van der Waals surface area contributed by atoms with Gasteiger partial charge in [-0.1, -0.05) is 0 Å². The second-order valence-corrected chi connectivity index (χ2v) is 4.15. The SMILES string of the molecule is CSCCC(C)Nc1ncc(N)cn1. The van der Waals surface area contributed by atoms with Crippen LogP contribution in [-0.4, -0.2) is 28.0 Å². The summed E-state index contributed by atoms with van der Waals surface area (Å²) in [7, 11) is 0. The monoisotopic (exact) mass is 212 g/mol. The first-order valence-corrected chi connectivity index (χ1v) is 5.94. The fourth-order valence-corrected chi connectivity index (χ4v) is 1.59. The molecule has 1 rings (SSSR count). The molecule has 0 saturated heterocycles. The van der Waals surface area contributed by atoms with Crippen molar-refractivity contribution in [2.24, 2.45) is 0 Å². The zero-order valence-corrected chi connectivity index (χ0v) is 9.34. The molecule has 14 heavy (non-hydrogen) atoms. The van der Waals surface area contributed by atoms with E-state index in [0.29, 0.717) is 17.7 Å². The Bertz CT molecular complexity index is 262. The van der Waals surface area contributed by atoms with Gasteiger partial charge in [-0.25, -0.2) is 9.97 Å². The van der Waals surface area contributed by atoms with Crippen molar-refractivity contribution in [2.75, 3.05) is 23.1 Å². The van der Waals surface area contributed by atoms with Crippen LogP contribution in [0.1, 0.15) is 13.3 Å². The van der Waals surface area contributed by atoms with Crippen LogP contribution in [0.5, 0.6) is 0 Å². The lowest BCUT2D eigenvalue weighted by molar-refractivity contribution is 0.760. The average Bonchev–Trinajstić information content (AvgIpc) is 2.18. The third-order valence-electron chi connectivity index (χ3n) is 1.80. The van der Waals surface area contributed by atoms with E-state index in [9.17, 15) is 0 Å². The molecule has 1 atom stereocenters. The summed E-state index contributed by atoms with van der Waals surface area (Å²) in [5.74, 6) is 1.79. The third kappa shape index (κ3) is 3.83. The van der Waals surface area contributed by atoms with Crippen molar-refractivity contribution in [1.82, 2.24) is 9.97 Å². The number of nitrogen functional groups attached to an aromatic ring is 1. The number of anilines is 2. The second kappa shape index (κ2) is 5.70. The lowest BCUT2D eigenvalue weighted by Crippen LogP contribution is -2.17. The van der Waals surface area contributed by atoms with Crippen LogP contribution >= 0.6 is 11.8 Å². The first-order chi connectivity index (χ1) is 6.72. The zero-order chi connectivity index (χ0) is 10.4. The molecular weight excluding hydrogens is 196 g/mol. The fourth-order valence-electron chi connectivity index (χ4n) is 1.000. The molecule has 3 N–H and O–H groups in total. The Morgan fingerprint density at radius 1 is 1.50 bits per heavy atom. The van der Waals surface area contributed by atoms with Crippen molar-refractivity contribution < 1.29 is 0 Å². The highest BCUT2D eigenvalue weighted by atomic mass is 32.2. The number of thioether (sulfide) groups is 1. The minimum atomic E-state index is 0.395. The summed E-state index contributed by atoms with van der Waals surface area (Å²) in [5, 5.41) is 3.21. The van der Waals surface area contributed by atoms with Crippen LogP contribution < -0.4 is 11.1 Å². The van der Waals surface area contributed by atoms with E-state index in [-0.39, 0.29) is 0 Å². The summed E-state index contributed by atoms with van der Waals surface area (Å²) < 4.78 is 0. The Morgan fingerprint density at radius 3 is 2.71 bits per heavy atom. The van der Waals surface area contributed by atoms with E-state index in [2.05, 4.69) is 28.5 Å². The summed E-state index contributed by atoms with van der Waals surface area (Å²) in [6.07, 6.45) is 6.43. The van der Waals surface area contributed by atoms with Gasteiger partial charge in [0, 0.05) is 6.04 Å². The number of aromatic nitrogens is 2. The van der Waals surface area contributed by atoms with E-state index in [1.165, 1.54) is 0 Å². The van der Waals surface area contributed by atoms with Crippen molar-refractivity contribution in [2.45, 2.75) is 19.4 Å². The summed E-state index contributed by atoms with van der Waals surface area (Å²) in [6.45, 7) is 2.12. The molecule has 0 radical (unpaired) electrons. The minimum absolute atomic E-state index is 0.395. The minimum Gasteiger partial charge on any atom is -0.396 e. The Balaban J connectivity index is 2.39. The number of hydrogen-bond donors (Lipinski definition) is 2. The van der Waals surface area contributed by atoms with Crippen LogP contribution in [0, 0.1) is 0 Å². The number of rotatable bonds is 5. The van der Waals surface area contributed by atoms with Crippen molar-refractivity contribution in [3.8, 4) is 0 Å². The smallest absolute Gasteiger partial charge is 0.222 e. The maximum absolute atomic E-state index is 5.48. The lowest BCUT2D eigenvalue weighted by Gasteiger charge is -2.12. The topological polar surface area (TPSA) is 63.8 Å². The van der Waals surface area contributed by atoms with Crippen LogP contribution in [0.4, 0.5) is 11.6 Å². The summed E-state index contributed by atoms with van der Waals surface area (Å²) in [4.78, 5) is 8.14. The van der Waals surface area contributed by atoms with Gasteiger partial charge in [-0.2, -0.15) is 11.8 Å². The number of hydrogen-bond acceptors (Lipinski definition) is 5. The van der Waals surface area contributed by atoms with Gasteiger partial charge in [0.2, 0.25) is 5.95 Å². The molecule has 0 bridgehead atoms. The maximum Gasteiger partial charge on any atom is 0.222 e. The van der Waals surface area contributed by atoms with Gasteiger partial charge in [0.25, 0.3) is 0 Å². The van der Waals surface area contributed by atoms with E-state index < -0.39 is 0 Å². The fraction of sp³-hybridized carbons (Fsp3) is 0.556. The van der Waals surface area contributed by atoms with Crippen molar-refractivity contribution >= 4 is 23.4 Å². The number of nitrogens with one attached hydrogen (secondary N) is 1. The second-order valence-electron chi connectivity index (χ2n) is 3.17. The Hall–Kier alpha value is -0.970. The largest absolute Gasteiger partial charge is 0.396 e. The number of nitrogens with zero attached hydrogens (tertiary/aromatic N) is 2. The quantitative estimate of drug-likeness (QED) is 0.776. The Morgan fingerprint density at radius 2 is 2.14 bits per heavy atom. The van der Waals surface area contributed by atoms with E-state index >= 15 is 0 Å². The molecule has 1 unspecified atom stereocenters. The van der Waals surface area contributed by atoms with Gasteiger partial charge in [-0.15, -0.1) is 0 Å². The van der Waals surface area contributed by atoms with Gasteiger partial charge in [0.1, 0.15) is 0 Å². The molecule has 0 aromatic carbocycles. The van der Waals surface area contributed by atoms with Gasteiger partial charge in [-0.05, 0) is 25.4 Å². The van der Waals surface area contributed by atoms with Gasteiger partial charge >= 0.3 is 0 Å². The molecule has 0 saturated carbocycles. The molecule has 0 spiro atoms. The van der Waals surface area contributed by atoms with Crippen molar-refractivity contribution in [3.05, 3.63) is 12.4 Å². The Kier molecular flexibility index (Phi) is 4.52. The first kappa shape index (κ1) is 11.1. The van der Waals surface area contributed by atoms with Crippen LogP contribution in [0.25, 0.3) is 0 Å². The normalized spacial score (nSPS) is 12.4. The zero-order valence-electron chi connectivity index (χ0n) is 8.53. The lowest BCUT2D eigenvalue weighted by atomic mass is 10.3. The molecule has 0 amide bonds. The molecule has 4 nitrogen and oxygen atoms in total. The van der Waals surface area contributed by atoms with E-state index in [1.54, 1.807) is 12.4 Å². The molecule has 0 aliphatic rings. The van der Waals surface area contributed by atoms with Crippen LogP contribution in [0.3, 0.4) is 0 Å². The molecular formula is C9H16N4S. The molecule has 0 aliphatic heterocycles. The van der Waals surface area contributed by atoms with E-state index in [4.69, 9.17) is 5.73 Å². The van der Waals surface area contributed by atoms with Gasteiger partial charge in [-0.3, -0.25) is 0 Å². The highest BCUT2D eigenvalue weighted by Gasteiger charge is 2.02. The highest BCUT2D eigenvalue weighted by Crippen LogP contribution is 2.06. The summed E-state index contributed by atoms with van der Waals surface area (Å²) >= 11 is 1.84. The van der Waals surface area contributed by atoms with Crippen LogP contribution in [-0.2, 0) is 0 Å². The summed E-state index contributed by atoms with van der Waals surface area (Å²) in [6, 6.07) is 0.395. The van der Waals surface area contributed by atoms with Gasteiger partial charge < -0.3 is 11.1 Å². The van der Waals surface area contributed by atoms with Crippen LogP contribution in [0.2, 0.25) is 0 Å². The average molecular weight is 212 g/mol. The molecule has 1 aromatic heterocycles. The molecule has 1 heterocycles. The van der Waals surface area contributed by atoms with E-state index in [1.807, 2.05) is 11.8 Å². The van der Waals surface area contributed by atoms with E-state index in [0.717, 1.165) is 12.2 Å². The van der Waals surface area contributed by atoms with Gasteiger partial charge in [0.05, 0.1) is 18.1 Å². The van der Waals surface area contributed by atoms with Crippen LogP contribution in [0.15, 0.2) is 12.4 Å². The molecule has 0 fully saturated rings. The van der Waals surface area contributed by atoms with Crippen molar-refractivity contribution in [3.63, 3.8) is 0 Å². The van der Waals surface area contributed by atoms with Gasteiger partial charge in [0.15, 0.2) is 0 Å². The predicted molar refractivity (Wildman–Crippen MR) is 62.5 cm³/mol. The molecule has 78 valence electrons. The number of nitrogens with two attached hydrogens (primary N) is 1. The molecule has 0 aliphatic carbocycles.